The molecule has 114 valence electrons. The standard InChI is InChI=1S/C11H23F3N4O/c1-4-19-7-5-6-16-10(17-15)18(9(2)3)8-11(12,13)14/h9H,4-8,15H2,1-3H3,(H,16,17). The molecule has 0 aromatic heterocycles. The fourth-order valence-corrected chi connectivity index (χ4v) is 1.41. The molecule has 0 aromatic rings. The molecule has 8 heteroatoms. The summed E-state index contributed by atoms with van der Waals surface area (Å²) in [5, 5.41) is 0. The lowest BCUT2D eigenvalue weighted by molar-refractivity contribution is -0.140. The first kappa shape index (κ1) is 18.0. The van der Waals surface area contributed by atoms with E-state index in [1.165, 1.54) is 0 Å². The molecule has 0 amide bonds. The van der Waals surface area contributed by atoms with Gasteiger partial charge in [-0.25, -0.2) is 5.84 Å². The highest BCUT2D eigenvalue weighted by Crippen LogP contribution is 2.18. The number of hydrazine groups is 1. The van der Waals surface area contributed by atoms with Crippen LogP contribution < -0.4 is 11.3 Å². The first-order chi connectivity index (χ1) is 8.81. The van der Waals surface area contributed by atoms with Gasteiger partial charge in [-0.05, 0) is 27.2 Å². The minimum Gasteiger partial charge on any atom is -0.382 e. The van der Waals surface area contributed by atoms with Gasteiger partial charge in [-0.2, -0.15) is 13.2 Å². The molecule has 0 unspecified atom stereocenters. The molecule has 3 N–H and O–H groups in total. The van der Waals surface area contributed by atoms with E-state index in [-0.39, 0.29) is 12.0 Å². The molecule has 0 aliphatic heterocycles. The average Bonchev–Trinajstić information content (AvgIpc) is 2.30. The Balaban J connectivity index is 4.52. The molecule has 0 aliphatic carbocycles. The fourth-order valence-electron chi connectivity index (χ4n) is 1.41. The number of hydrogen-bond acceptors (Lipinski definition) is 3. The van der Waals surface area contributed by atoms with Crippen LogP contribution >= 0.6 is 0 Å². The normalized spacial score (nSPS) is 12.9. The Labute approximate surface area is 112 Å². The predicted molar refractivity (Wildman–Crippen MR) is 68.6 cm³/mol. The summed E-state index contributed by atoms with van der Waals surface area (Å²) in [7, 11) is 0. The van der Waals surface area contributed by atoms with Crippen molar-refractivity contribution in [1.82, 2.24) is 10.3 Å². The van der Waals surface area contributed by atoms with Gasteiger partial charge < -0.3 is 9.64 Å². The van der Waals surface area contributed by atoms with E-state index in [9.17, 15) is 13.2 Å². The van der Waals surface area contributed by atoms with Gasteiger partial charge in [0.1, 0.15) is 6.54 Å². The molecule has 0 aromatic carbocycles. The molecule has 0 saturated carbocycles. The van der Waals surface area contributed by atoms with Crippen molar-refractivity contribution in [3.05, 3.63) is 0 Å². The van der Waals surface area contributed by atoms with Crippen LogP contribution in [-0.4, -0.2) is 49.4 Å². The van der Waals surface area contributed by atoms with Crippen molar-refractivity contribution >= 4 is 5.96 Å². The topological polar surface area (TPSA) is 62.9 Å². The van der Waals surface area contributed by atoms with Crippen LogP contribution in [0, 0.1) is 0 Å². The van der Waals surface area contributed by atoms with E-state index in [1.54, 1.807) is 13.8 Å². The van der Waals surface area contributed by atoms with Crippen LogP contribution in [0.15, 0.2) is 4.99 Å². The third-order valence-corrected chi connectivity index (χ3v) is 2.29. The van der Waals surface area contributed by atoms with Crippen LogP contribution in [0.1, 0.15) is 27.2 Å². The summed E-state index contributed by atoms with van der Waals surface area (Å²) in [6.07, 6.45) is -3.66. The molecule has 0 heterocycles. The Kier molecular flexibility index (Phi) is 8.49. The second-order valence-corrected chi connectivity index (χ2v) is 4.24. The first-order valence-corrected chi connectivity index (χ1v) is 6.24. The molecule has 0 rings (SSSR count). The van der Waals surface area contributed by atoms with E-state index in [4.69, 9.17) is 10.6 Å². The number of ether oxygens (including phenoxy) is 1. The van der Waals surface area contributed by atoms with Gasteiger partial charge >= 0.3 is 6.18 Å². The van der Waals surface area contributed by atoms with E-state index in [1.807, 2.05) is 6.92 Å². The summed E-state index contributed by atoms with van der Waals surface area (Å²) in [6, 6.07) is -0.358. The highest BCUT2D eigenvalue weighted by Gasteiger charge is 2.33. The summed E-state index contributed by atoms with van der Waals surface area (Å²) in [5.41, 5.74) is 2.23. The van der Waals surface area contributed by atoms with Crippen molar-refractivity contribution < 1.29 is 17.9 Å². The van der Waals surface area contributed by atoms with Crippen LogP contribution in [-0.2, 0) is 4.74 Å². The van der Waals surface area contributed by atoms with Gasteiger partial charge in [-0.1, -0.05) is 0 Å². The van der Waals surface area contributed by atoms with E-state index < -0.39 is 12.7 Å². The fraction of sp³-hybridized carbons (Fsp3) is 0.909. The summed E-state index contributed by atoms with van der Waals surface area (Å²) < 4.78 is 42.5. The summed E-state index contributed by atoms with van der Waals surface area (Å²) in [6.45, 7) is 5.59. The van der Waals surface area contributed by atoms with Crippen LogP contribution in [0.3, 0.4) is 0 Å². The van der Waals surface area contributed by atoms with E-state index in [0.717, 1.165) is 4.90 Å². The van der Waals surface area contributed by atoms with Crippen LogP contribution in [0.2, 0.25) is 0 Å². The van der Waals surface area contributed by atoms with Crippen LogP contribution in [0.5, 0.6) is 0 Å². The predicted octanol–water partition coefficient (Wildman–Crippen LogP) is 1.51. The Morgan fingerprint density at radius 1 is 1.42 bits per heavy atom. The van der Waals surface area contributed by atoms with Gasteiger partial charge in [-0.3, -0.25) is 10.4 Å². The molecule has 0 bridgehead atoms. The van der Waals surface area contributed by atoms with Gasteiger partial charge in [-0.15, -0.1) is 0 Å². The third kappa shape index (κ3) is 8.66. The zero-order valence-corrected chi connectivity index (χ0v) is 11.6. The van der Waals surface area contributed by atoms with Gasteiger partial charge in [0.15, 0.2) is 0 Å². The average molecular weight is 284 g/mol. The van der Waals surface area contributed by atoms with Crippen molar-refractivity contribution in [1.29, 1.82) is 0 Å². The lowest BCUT2D eigenvalue weighted by Gasteiger charge is -2.30. The lowest BCUT2D eigenvalue weighted by Crippen LogP contribution is -2.51. The van der Waals surface area contributed by atoms with Crippen LogP contribution in [0.4, 0.5) is 13.2 Å². The minimum absolute atomic E-state index is 0.0452. The molecule has 0 radical (unpaired) electrons. The van der Waals surface area contributed by atoms with E-state index in [0.29, 0.717) is 26.2 Å². The van der Waals surface area contributed by atoms with Crippen LogP contribution in [0.25, 0.3) is 0 Å². The zero-order chi connectivity index (χ0) is 14.9. The molecular weight excluding hydrogens is 261 g/mol. The van der Waals surface area contributed by atoms with Gasteiger partial charge in [0.25, 0.3) is 0 Å². The Hall–Kier alpha value is -1.02. The summed E-state index contributed by atoms with van der Waals surface area (Å²) >= 11 is 0. The van der Waals surface area contributed by atoms with Crippen molar-refractivity contribution in [2.45, 2.75) is 39.4 Å². The molecule has 0 fully saturated rings. The number of guanidine groups is 1. The smallest absolute Gasteiger partial charge is 0.382 e. The van der Waals surface area contributed by atoms with Gasteiger partial charge in [0.2, 0.25) is 5.96 Å². The largest absolute Gasteiger partial charge is 0.406 e. The summed E-state index contributed by atoms with van der Waals surface area (Å²) in [5.74, 6) is 5.30. The van der Waals surface area contributed by atoms with Crippen molar-refractivity contribution in [3.63, 3.8) is 0 Å². The molecule has 0 aliphatic rings. The van der Waals surface area contributed by atoms with Gasteiger partial charge in [0, 0.05) is 25.8 Å². The SMILES string of the molecule is CCOCCCN=C(NN)N(CC(F)(F)F)C(C)C. The van der Waals surface area contributed by atoms with Gasteiger partial charge in [0.05, 0.1) is 0 Å². The number of halogens is 3. The number of nitrogens with zero attached hydrogens (tertiary/aromatic N) is 2. The molecule has 0 saturated heterocycles. The maximum atomic E-state index is 12.5. The molecular formula is C11H23F3N4O. The summed E-state index contributed by atoms with van der Waals surface area (Å²) in [4.78, 5) is 5.13. The molecule has 5 nitrogen and oxygen atoms in total. The zero-order valence-electron chi connectivity index (χ0n) is 11.6. The Morgan fingerprint density at radius 2 is 2.05 bits per heavy atom. The van der Waals surface area contributed by atoms with Crippen molar-refractivity contribution in [2.75, 3.05) is 26.3 Å². The van der Waals surface area contributed by atoms with Crippen molar-refractivity contribution in [3.8, 4) is 0 Å². The maximum Gasteiger partial charge on any atom is 0.406 e. The van der Waals surface area contributed by atoms with E-state index in [2.05, 4.69) is 10.4 Å². The Morgan fingerprint density at radius 3 is 2.47 bits per heavy atom. The minimum atomic E-state index is -4.30. The number of aliphatic imine (C=N–C) groups is 1. The number of alkyl halides is 3. The molecule has 0 atom stereocenters. The number of rotatable bonds is 7. The van der Waals surface area contributed by atoms with Crippen molar-refractivity contribution in [2.24, 2.45) is 10.8 Å². The van der Waals surface area contributed by atoms with E-state index >= 15 is 0 Å². The number of nitrogens with one attached hydrogen (secondary N) is 1. The molecule has 19 heavy (non-hydrogen) atoms. The monoisotopic (exact) mass is 284 g/mol. The highest BCUT2D eigenvalue weighted by molar-refractivity contribution is 5.79. The first-order valence-electron chi connectivity index (χ1n) is 6.24. The molecule has 0 spiro atoms. The second-order valence-electron chi connectivity index (χ2n) is 4.24. The second kappa shape index (κ2) is 8.98. The number of hydrogen-bond donors (Lipinski definition) is 2. The quantitative estimate of drug-likeness (QED) is 0.244. The highest BCUT2D eigenvalue weighted by atomic mass is 19.4. The lowest BCUT2D eigenvalue weighted by atomic mass is 10.3. The number of nitrogens with two attached hydrogens (primary N) is 1. The maximum absolute atomic E-state index is 12.5. The third-order valence-electron chi connectivity index (χ3n) is 2.29. The Bertz CT molecular complexity index is 269.